The maximum atomic E-state index is 6.27. The number of halogens is 2. The highest BCUT2D eigenvalue weighted by Crippen LogP contribution is 2.39. The van der Waals surface area contributed by atoms with E-state index in [1.165, 1.54) is 0 Å². The van der Waals surface area contributed by atoms with E-state index in [2.05, 4.69) is 11.1 Å². The molecule has 0 aliphatic rings. The molecule has 0 aliphatic heterocycles. The summed E-state index contributed by atoms with van der Waals surface area (Å²) in [5.74, 6) is 0. The van der Waals surface area contributed by atoms with Gasteiger partial charge in [-0.2, -0.15) is 4.98 Å². The van der Waals surface area contributed by atoms with E-state index >= 15 is 0 Å². The summed E-state index contributed by atoms with van der Waals surface area (Å²) in [4.78, 5) is 4.13. The number of aromatic nitrogens is 1. The summed E-state index contributed by atoms with van der Waals surface area (Å²) < 4.78 is 7.65. The van der Waals surface area contributed by atoms with Gasteiger partial charge in [0.25, 0.3) is 5.35 Å². The molecular weight excluding hydrogens is 289 g/mol. The number of rotatable bonds is 0. The number of thiophene rings is 1. The number of hydrogen-bond acceptors (Lipinski definition) is 3. The summed E-state index contributed by atoms with van der Waals surface area (Å²) in [7, 11) is 0. The van der Waals surface area contributed by atoms with Crippen LogP contribution in [0.25, 0.3) is 31.3 Å². The van der Waals surface area contributed by atoms with E-state index in [9.17, 15) is 0 Å². The minimum Gasteiger partial charge on any atom is -0.428 e. The van der Waals surface area contributed by atoms with Crippen LogP contribution >= 0.6 is 34.5 Å². The fraction of sp³-hybridized carbons (Fsp3) is 0. The average molecular weight is 294 g/mol. The number of nitrogens with zero attached hydrogens (tertiary/aromatic N) is 1. The third-order valence-corrected chi connectivity index (χ3v) is 4.52. The van der Waals surface area contributed by atoms with Gasteiger partial charge in [0.1, 0.15) is 5.52 Å². The Kier molecular flexibility index (Phi) is 2.13. The van der Waals surface area contributed by atoms with Gasteiger partial charge in [0.05, 0.1) is 0 Å². The fourth-order valence-electron chi connectivity index (χ4n) is 2.18. The number of oxazole rings is 1. The molecule has 88 valence electrons. The molecule has 0 unspecified atom stereocenters. The van der Waals surface area contributed by atoms with Crippen molar-refractivity contribution in [3.8, 4) is 0 Å². The molecule has 2 aromatic carbocycles. The lowest BCUT2D eigenvalue weighted by atomic mass is 10.1. The van der Waals surface area contributed by atoms with E-state index in [-0.39, 0.29) is 5.35 Å². The van der Waals surface area contributed by atoms with Gasteiger partial charge in [-0.15, -0.1) is 11.3 Å². The molecule has 2 aromatic heterocycles. The van der Waals surface area contributed by atoms with E-state index in [4.69, 9.17) is 27.6 Å². The molecule has 4 aromatic rings. The molecule has 5 heteroatoms. The van der Waals surface area contributed by atoms with Crippen LogP contribution in [0.4, 0.5) is 0 Å². The van der Waals surface area contributed by atoms with Crippen LogP contribution in [0.3, 0.4) is 0 Å². The van der Waals surface area contributed by atoms with Crippen LogP contribution in [0.15, 0.2) is 34.7 Å². The molecule has 0 atom stereocenters. The van der Waals surface area contributed by atoms with Crippen molar-refractivity contribution in [1.82, 2.24) is 4.98 Å². The molecule has 0 aliphatic carbocycles. The molecule has 4 rings (SSSR count). The molecule has 0 amide bonds. The first kappa shape index (κ1) is 10.6. The fourth-order valence-corrected chi connectivity index (χ4v) is 3.83. The van der Waals surface area contributed by atoms with Crippen molar-refractivity contribution in [2.24, 2.45) is 0 Å². The van der Waals surface area contributed by atoms with Crippen molar-refractivity contribution in [3.05, 3.63) is 40.7 Å². The predicted octanol–water partition coefficient (Wildman–Crippen LogP) is 5.50. The zero-order chi connectivity index (χ0) is 12.3. The van der Waals surface area contributed by atoms with Crippen LogP contribution in [0.5, 0.6) is 0 Å². The van der Waals surface area contributed by atoms with Gasteiger partial charge in [0.2, 0.25) is 0 Å². The minimum absolute atomic E-state index is 0.165. The predicted molar refractivity (Wildman–Crippen MR) is 76.9 cm³/mol. The van der Waals surface area contributed by atoms with Gasteiger partial charge in [-0.3, -0.25) is 0 Å². The highest BCUT2D eigenvalue weighted by Gasteiger charge is 2.12. The largest absolute Gasteiger partial charge is 0.428 e. The van der Waals surface area contributed by atoms with Crippen LogP contribution in [0, 0.1) is 0 Å². The van der Waals surface area contributed by atoms with Crippen molar-refractivity contribution in [2.75, 3.05) is 0 Å². The first-order valence-electron chi connectivity index (χ1n) is 5.29. The Hall–Kier alpha value is -1.29. The molecular formula is C13H5Cl2NOS. The second kappa shape index (κ2) is 3.60. The van der Waals surface area contributed by atoms with Crippen LogP contribution in [-0.4, -0.2) is 4.98 Å². The number of fused-ring (bicyclic) bond motifs is 4. The van der Waals surface area contributed by atoms with Crippen molar-refractivity contribution in [2.45, 2.75) is 0 Å². The van der Waals surface area contributed by atoms with Gasteiger partial charge in [-0.05, 0) is 35.9 Å². The monoisotopic (exact) mass is 293 g/mol. The molecule has 0 N–H and O–H groups in total. The highest BCUT2D eigenvalue weighted by molar-refractivity contribution is 7.26. The maximum Gasteiger partial charge on any atom is 0.293 e. The van der Waals surface area contributed by atoms with E-state index in [1.807, 2.05) is 24.3 Å². The zero-order valence-corrected chi connectivity index (χ0v) is 11.2. The minimum atomic E-state index is 0.165. The summed E-state index contributed by atoms with van der Waals surface area (Å²) in [5.41, 5.74) is 1.46. The summed E-state index contributed by atoms with van der Waals surface area (Å²) in [6.07, 6.45) is 0. The molecule has 2 nitrogen and oxygen atoms in total. The Bertz CT molecular complexity index is 909. The standard InChI is InChI=1S/C13H5Cl2NOS/c14-7-2-1-3-10-12(7)6-4-9-8(5-11(6)18-10)16-13(15)17-9/h1-5H. The van der Waals surface area contributed by atoms with Crippen molar-refractivity contribution >= 4 is 65.8 Å². The normalized spacial score (nSPS) is 11.9. The average Bonchev–Trinajstić information content (AvgIpc) is 2.84. The Labute approximate surface area is 116 Å². The molecule has 0 radical (unpaired) electrons. The molecule has 0 bridgehead atoms. The van der Waals surface area contributed by atoms with Crippen LogP contribution in [-0.2, 0) is 0 Å². The quantitative estimate of drug-likeness (QED) is 0.428. The lowest BCUT2D eigenvalue weighted by Gasteiger charge is -1.94. The summed E-state index contributed by atoms with van der Waals surface area (Å²) in [6.45, 7) is 0. The van der Waals surface area contributed by atoms with Gasteiger partial charge in [-0.25, -0.2) is 0 Å². The zero-order valence-electron chi connectivity index (χ0n) is 8.91. The van der Waals surface area contributed by atoms with Crippen LogP contribution in [0.2, 0.25) is 10.4 Å². The summed E-state index contributed by atoms with van der Waals surface area (Å²) in [5, 5.41) is 3.07. The molecule has 2 heterocycles. The lowest BCUT2D eigenvalue weighted by molar-refractivity contribution is 0.605. The van der Waals surface area contributed by atoms with Gasteiger partial charge >= 0.3 is 0 Å². The molecule has 0 saturated heterocycles. The topological polar surface area (TPSA) is 26.0 Å². The summed E-state index contributed by atoms with van der Waals surface area (Å²) in [6, 6.07) is 9.86. The van der Waals surface area contributed by atoms with E-state index in [0.717, 1.165) is 30.7 Å². The van der Waals surface area contributed by atoms with Crippen LogP contribution < -0.4 is 0 Å². The third kappa shape index (κ3) is 1.38. The second-order valence-electron chi connectivity index (χ2n) is 4.00. The Morgan fingerprint density at radius 3 is 2.89 bits per heavy atom. The third-order valence-electron chi connectivity index (χ3n) is 2.93. The first-order valence-corrected chi connectivity index (χ1v) is 6.86. The first-order chi connectivity index (χ1) is 8.72. The number of benzene rings is 2. The van der Waals surface area contributed by atoms with Crippen molar-refractivity contribution < 1.29 is 4.42 Å². The van der Waals surface area contributed by atoms with E-state index < -0.39 is 0 Å². The summed E-state index contributed by atoms with van der Waals surface area (Å²) >= 11 is 13.7. The number of hydrogen-bond donors (Lipinski definition) is 0. The highest BCUT2D eigenvalue weighted by atomic mass is 35.5. The van der Waals surface area contributed by atoms with Gasteiger partial charge in [0, 0.05) is 25.2 Å². The molecule has 0 saturated carbocycles. The van der Waals surface area contributed by atoms with E-state index in [1.54, 1.807) is 11.3 Å². The molecule has 18 heavy (non-hydrogen) atoms. The maximum absolute atomic E-state index is 6.27. The van der Waals surface area contributed by atoms with Gasteiger partial charge < -0.3 is 4.42 Å². The van der Waals surface area contributed by atoms with Gasteiger partial charge in [0.15, 0.2) is 5.58 Å². The second-order valence-corrected chi connectivity index (χ2v) is 5.81. The Morgan fingerprint density at radius 2 is 2.00 bits per heavy atom. The SMILES string of the molecule is Clc1nc2cc3sc4cccc(Cl)c4c3cc2o1. The van der Waals surface area contributed by atoms with Crippen molar-refractivity contribution in [1.29, 1.82) is 0 Å². The molecule has 0 fully saturated rings. The van der Waals surface area contributed by atoms with E-state index in [0.29, 0.717) is 5.58 Å². The Balaban J connectivity index is 2.27. The van der Waals surface area contributed by atoms with Crippen molar-refractivity contribution in [3.63, 3.8) is 0 Å². The van der Waals surface area contributed by atoms with Gasteiger partial charge in [-0.1, -0.05) is 17.7 Å². The smallest absolute Gasteiger partial charge is 0.293 e. The molecule has 0 spiro atoms. The Morgan fingerprint density at radius 1 is 1.11 bits per heavy atom. The lowest BCUT2D eigenvalue weighted by Crippen LogP contribution is -1.70. The van der Waals surface area contributed by atoms with Crippen LogP contribution in [0.1, 0.15) is 0 Å².